The van der Waals surface area contributed by atoms with E-state index in [9.17, 15) is 24.7 Å². The number of pyridine rings is 1. The van der Waals surface area contributed by atoms with Gasteiger partial charge < -0.3 is 30.7 Å². The molecule has 15 nitrogen and oxygen atoms in total. The summed E-state index contributed by atoms with van der Waals surface area (Å²) in [6.07, 6.45) is 7.09. The van der Waals surface area contributed by atoms with Crippen LogP contribution in [0, 0.1) is 0 Å². The number of anilines is 1. The zero-order valence-corrected chi connectivity index (χ0v) is 28.0. The first-order chi connectivity index (χ1) is 20.8. The molecule has 44 heavy (non-hydrogen) atoms. The van der Waals surface area contributed by atoms with E-state index in [2.05, 4.69) is 34.8 Å². The van der Waals surface area contributed by atoms with Crippen molar-refractivity contribution in [3.63, 3.8) is 0 Å². The first-order valence-corrected chi connectivity index (χ1v) is 16.0. The van der Waals surface area contributed by atoms with Crippen molar-refractivity contribution < 1.29 is 54.3 Å². The van der Waals surface area contributed by atoms with Gasteiger partial charge in [0.15, 0.2) is 9.47 Å². The van der Waals surface area contributed by atoms with Gasteiger partial charge in [-0.3, -0.25) is 19.5 Å². The van der Waals surface area contributed by atoms with Crippen LogP contribution in [0.15, 0.2) is 63.2 Å². The van der Waals surface area contributed by atoms with E-state index < -0.39 is 34.9 Å². The molecule has 0 saturated carbocycles. The van der Waals surface area contributed by atoms with Gasteiger partial charge in [0.05, 0.1) is 35.9 Å². The summed E-state index contributed by atoms with van der Waals surface area (Å²) in [6, 6.07) is 2.74. The van der Waals surface area contributed by atoms with Crippen LogP contribution in [0.3, 0.4) is 0 Å². The molecule has 4 N–H and O–H groups in total. The van der Waals surface area contributed by atoms with Crippen LogP contribution < -0.4 is 45.7 Å². The van der Waals surface area contributed by atoms with Gasteiger partial charge in [-0.1, -0.05) is 16.9 Å². The minimum atomic E-state index is -1.48. The number of aromatic nitrogens is 6. The molecule has 0 bridgehead atoms. The molecule has 1 saturated heterocycles. The van der Waals surface area contributed by atoms with Crippen LogP contribution in [-0.4, -0.2) is 85.4 Å². The number of carbonyl (C=O) groups is 3. The molecule has 2 amide bonds. The van der Waals surface area contributed by atoms with E-state index in [-0.39, 0.29) is 52.0 Å². The zero-order valence-electron chi connectivity index (χ0n) is 22.7. The van der Waals surface area contributed by atoms with Gasteiger partial charge in [0.1, 0.15) is 11.4 Å². The number of carbonyl (C=O) groups excluding carboxylic acids is 3. The number of thiazole rings is 1. The third-order valence-corrected chi connectivity index (χ3v) is 10.4. The summed E-state index contributed by atoms with van der Waals surface area (Å²) in [5, 5.41) is 28.1. The molecule has 4 aromatic heterocycles. The fraction of sp³-hybridized carbons (Fsp3) is 0.208. The fourth-order valence-corrected chi connectivity index (χ4v) is 8.14. The van der Waals surface area contributed by atoms with Crippen molar-refractivity contribution in [2.24, 2.45) is 5.16 Å². The number of nitrogens with one attached hydrogen (secondary N) is 1. The molecular weight excluding hydrogens is 660 g/mol. The number of amides is 2. The second-order valence-electron chi connectivity index (χ2n) is 9.07. The van der Waals surface area contributed by atoms with Crippen LogP contribution >= 0.6 is 46.4 Å². The van der Waals surface area contributed by atoms with Crippen LogP contribution in [0.25, 0.3) is 11.3 Å². The Morgan fingerprint density at radius 3 is 2.86 bits per heavy atom. The maximum Gasteiger partial charge on any atom is 1.00 e. The van der Waals surface area contributed by atoms with Gasteiger partial charge in [-0.25, -0.2) is 9.97 Å². The van der Waals surface area contributed by atoms with Crippen molar-refractivity contribution in [3.05, 3.63) is 65.2 Å². The summed E-state index contributed by atoms with van der Waals surface area (Å²) in [6.45, 7) is 0.513. The monoisotopic (exact) mass is 678 g/mol. The van der Waals surface area contributed by atoms with Crippen molar-refractivity contribution in [2.75, 3.05) is 17.2 Å². The van der Waals surface area contributed by atoms with E-state index in [1.807, 2.05) is 28.3 Å². The maximum atomic E-state index is 13.0. The SMILES string of the molecule is Nc1nc(/C(=N\O)C(=O)N[C@@H]2C(=O)N3C(C(=O)[O-])=C(CSc4nc(Cn5cnc(-c6cccnc6)c5)cs4)CS[C@H]23)ns1.[Na+]. The number of carboxylic acid groups (broad SMARTS) is 1. The topological polar surface area (TPSA) is 218 Å². The van der Waals surface area contributed by atoms with Crippen LogP contribution in [0.4, 0.5) is 5.13 Å². The number of hydrogen-bond acceptors (Lipinski definition) is 16. The average Bonchev–Trinajstić information content (AvgIpc) is 3.77. The molecule has 2 aliphatic rings. The molecule has 4 aromatic rings. The van der Waals surface area contributed by atoms with Crippen molar-refractivity contribution in [2.45, 2.75) is 22.3 Å². The molecule has 0 aliphatic carbocycles. The molecule has 220 valence electrons. The van der Waals surface area contributed by atoms with Crippen molar-refractivity contribution >= 4 is 75.0 Å². The Morgan fingerprint density at radius 1 is 1.32 bits per heavy atom. The Labute approximate surface area is 287 Å². The Hall–Kier alpha value is -3.33. The van der Waals surface area contributed by atoms with Crippen molar-refractivity contribution in [3.8, 4) is 11.3 Å². The molecule has 0 spiro atoms. The first-order valence-electron chi connectivity index (χ1n) is 12.3. The zero-order chi connectivity index (χ0) is 30.1. The molecule has 1 fully saturated rings. The molecule has 2 aliphatic heterocycles. The first kappa shape index (κ1) is 32.1. The van der Waals surface area contributed by atoms with Crippen molar-refractivity contribution in [1.29, 1.82) is 0 Å². The summed E-state index contributed by atoms with van der Waals surface area (Å²) < 4.78 is 6.49. The molecular formula is C24H19N10NaO5S4. The molecule has 6 heterocycles. The number of aliphatic carboxylic acids is 1. The smallest absolute Gasteiger partial charge is 0.543 e. The molecule has 20 heteroatoms. The number of rotatable bonds is 10. The predicted octanol–water partition coefficient (Wildman–Crippen LogP) is -2.74. The number of nitrogens with two attached hydrogens (primary N) is 1. The molecule has 0 aromatic carbocycles. The van der Waals surface area contributed by atoms with E-state index in [0.717, 1.165) is 37.7 Å². The van der Waals surface area contributed by atoms with E-state index in [1.54, 1.807) is 18.7 Å². The van der Waals surface area contributed by atoms with Crippen LogP contribution in [0.1, 0.15) is 11.5 Å². The summed E-state index contributed by atoms with van der Waals surface area (Å²) in [4.78, 5) is 55.9. The Balaban J connectivity index is 0.00000384. The number of fused-ring (bicyclic) bond motifs is 1. The van der Waals surface area contributed by atoms with Gasteiger partial charge in [0, 0.05) is 52.6 Å². The van der Waals surface area contributed by atoms with Gasteiger partial charge in [-0.2, -0.15) is 9.36 Å². The Kier molecular flexibility index (Phi) is 10.0. The van der Waals surface area contributed by atoms with E-state index in [4.69, 9.17) is 5.73 Å². The van der Waals surface area contributed by atoms with Crippen molar-refractivity contribution in [1.82, 2.24) is 39.1 Å². The van der Waals surface area contributed by atoms with Gasteiger partial charge in [0.25, 0.3) is 11.8 Å². The van der Waals surface area contributed by atoms with Gasteiger partial charge in [-0.05, 0) is 17.7 Å². The fourth-order valence-electron chi connectivity index (χ4n) is 4.39. The minimum Gasteiger partial charge on any atom is -0.543 e. The number of hydrogen-bond donors (Lipinski definition) is 3. The quantitative estimate of drug-likeness (QED) is 0.0388. The maximum absolute atomic E-state index is 13.0. The third-order valence-electron chi connectivity index (χ3n) is 6.33. The summed E-state index contributed by atoms with van der Waals surface area (Å²) in [5.74, 6) is -2.62. The minimum absolute atomic E-state index is 0. The second-order valence-corrected chi connectivity index (χ2v) is 13.0. The average molecular weight is 679 g/mol. The largest absolute Gasteiger partial charge is 1.00 e. The van der Waals surface area contributed by atoms with Gasteiger partial charge in [-0.15, -0.1) is 23.1 Å². The number of nitrogens with zero attached hydrogens (tertiary/aromatic N) is 8. The number of imidazole rings is 1. The van der Waals surface area contributed by atoms with Gasteiger partial charge >= 0.3 is 29.6 Å². The molecule has 2 atom stereocenters. The molecule has 0 radical (unpaired) electrons. The number of nitrogen functional groups attached to an aromatic ring is 1. The second kappa shape index (κ2) is 13.8. The van der Waals surface area contributed by atoms with Crippen LogP contribution in [0.5, 0.6) is 0 Å². The summed E-state index contributed by atoms with van der Waals surface area (Å²) in [7, 11) is 0. The Bertz CT molecular complexity index is 1770. The van der Waals surface area contributed by atoms with Crippen LogP contribution in [-0.2, 0) is 20.9 Å². The predicted molar refractivity (Wildman–Crippen MR) is 157 cm³/mol. The van der Waals surface area contributed by atoms with E-state index in [0.29, 0.717) is 17.9 Å². The number of β-lactam (4-membered cyclic amide) rings is 1. The molecule has 6 rings (SSSR count). The standard InChI is InChI=1S/C24H20N10O5S4.Na/c25-23-30-18(32-43-23)15(31-39)19(35)29-16-20(36)34-17(22(37)38)12(7-40-21(16)34)8-41-24-28-13(9-42-24)5-33-6-14(27-10-33)11-2-1-3-26-4-11;/h1-4,6,9-10,16,21,39H,5,7-8H2,(H,29,35)(H,37,38)(H2,25,30,32);/q;+1/p-1/b31-15+;/t16-,21-;/m1./s1. The number of oxime groups is 1. The Morgan fingerprint density at radius 2 is 2.16 bits per heavy atom. The van der Waals surface area contributed by atoms with E-state index >= 15 is 0 Å². The van der Waals surface area contributed by atoms with E-state index in [1.165, 1.54) is 34.9 Å². The number of thioether (sulfide) groups is 2. The number of carboxylic acids is 1. The van der Waals surface area contributed by atoms with Crippen LogP contribution in [0.2, 0.25) is 0 Å². The molecule has 0 unspecified atom stereocenters. The third kappa shape index (κ3) is 6.53. The summed E-state index contributed by atoms with van der Waals surface area (Å²) in [5.41, 5.74) is 7.85. The summed E-state index contributed by atoms with van der Waals surface area (Å²) >= 11 is 4.91. The van der Waals surface area contributed by atoms with Gasteiger partial charge in [0.2, 0.25) is 11.5 Å². The normalized spacial score (nSPS) is 18.0.